The summed E-state index contributed by atoms with van der Waals surface area (Å²) in [4.78, 5) is 40.4. The largest absolute Gasteiger partial charge is 0.450 e. The van der Waals surface area contributed by atoms with E-state index in [0.717, 1.165) is 16.9 Å². The summed E-state index contributed by atoms with van der Waals surface area (Å²) in [6.07, 6.45) is -0.635. The van der Waals surface area contributed by atoms with Crippen molar-refractivity contribution in [2.24, 2.45) is 0 Å². The molecule has 0 bridgehead atoms. The summed E-state index contributed by atoms with van der Waals surface area (Å²) in [5.41, 5.74) is 1.44. The summed E-state index contributed by atoms with van der Waals surface area (Å²) < 4.78 is 10.0. The van der Waals surface area contributed by atoms with Crippen LogP contribution in [-0.2, 0) is 9.53 Å². The third-order valence-electron chi connectivity index (χ3n) is 3.77. The summed E-state index contributed by atoms with van der Waals surface area (Å²) in [5, 5.41) is 6.05. The van der Waals surface area contributed by atoms with Gasteiger partial charge in [-0.1, -0.05) is 53.8 Å². The number of esters is 1. The molecule has 0 saturated carbocycles. The van der Waals surface area contributed by atoms with Crippen molar-refractivity contribution in [3.63, 3.8) is 0 Å². The monoisotopic (exact) mass is 425 g/mol. The fraction of sp³-hybridized carbons (Fsp3) is 0.143. The van der Waals surface area contributed by atoms with Crippen molar-refractivity contribution < 1.29 is 23.9 Å². The molecule has 0 aliphatic heterocycles. The molecule has 0 aliphatic carbocycles. The summed E-state index contributed by atoms with van der Waals surface area (Å²) >= 11 is 1.09. The van der Waals surface area contributed by atoms with E-state index in [9.17, 15) is 14.4 Å². The van der Waals surface area contributed by atoms with Crippen molar-refractivity contribution >= 4 is 39.4 Å². The third-order valence-corrected chi connectivity index (χ3v) is 4.66. The maximum atomic E-state index is 12.9. The first-order chi connectivity index (χ1) is 14.5. The molecule has 1 heterocycles. The number of aromatic nitrogens is 1. The second-order valence-electron chi connectivity index (χ2n) is 5.95. The second kappa shape index (κ2) is 9.66. The Balaban J connectivity index is 1.93. The smallest absolute Gasteiger partial charge is 0.413 e. The van der Waals surface area contributed by atoms with E-state index in [1.54, 1.807) is 25.1 Å². The quantitative estimate of drug-likeness (QED) is 0.443. The molecule has 0 spiro atoms. The van der Waals surface area contributed by atoms with Crippen LogP contribution in [0.25, 0.3) is 11.3 Å². The van der Waals surface area contributed by atoms with Gasteiger partial charge in [0.1, 0.15) is 16.4 Å². The van der Waals surface area contributed by atoms with E-state index in [-0.39, 0.29) is 23.1 Å². The molecule has 2 amide bonds. The van der Waals surface area contributed by atoms with Crippen LogP contribution in [0.1, 0.15) is 24.2 Å². The van der Waals surface area contributed by atoms with Crippen molar-refractivity contribution in [3.8, 4) is 17.0 Å². The highest BCUT2D eigenvalue weighted by atomic mass is 32.1. The molecule has 8 nitrogen and oxygen atoms in total. The molecule has 0 aliphatic rings. The van der Waals surface area contributed by atoms with Crippen LogP contribution in [0.5, 0.6) is 5.75 Å². The van der Waals surface area contributed by atoms with Gasteiger partial charge in [-0.15, -0.1) is 0 Å². The zero-order valence-corrected chi connectivity index (χ0v) is 17.1. The molecular weight excluding hydrogens is 406 g/mol. The maximum Gasteiger partial charge on any atom is 0.413 e. The van der Waals surface area contributed by atoms with E-state index in [0.29, 0.717) is 10.7 Å². The van der Waals surface area contributed by atoms with Crippen LogP contribution < -0.4 is 15.4 Å². The molecule has 2 aromatic carbocycles. The molecule has 0 fully saturated rings. The minimum absolute atomic E-state index is 0.151. The highest BCUT2D eigenvalue weighted by Crippen LogP contribution is 2.36. The average Bonchev–Trinajstić information content (AvgIpc) is 3.10. The van der Waals surface area contributed by atoms with E-state index in [4.69, 9.17) is 9.47 Å². The highest BCUT2D eigenvalue weighted by Gasteiger charge is 2.20. The molecule has 154 valence electrons. The Hall–Kier alpha value is -3.72. The normalized spacial score (nSPS) is 10.2. The number of rotatable bonds is 6. The van der Waals surface area contributed by atoms with Crippen LogP contribution in [0.2, 0.25) is 0 Å². The molecule has 3 aromatic rings. The molecule has 0 radical (unpaired) electrons. The minimum atomic E-state index is -0.635. The fourth-order valence-electron chi connectivity index (χ4n) is 2.57. The van der Waals surface area contributed by atoms with Gasteiger partial charge in [-0.25, -0.2) is 9.78 Å². The number of amides is 2. The number of para-hydroxylation sites is 1. The van der Waals surface area contributed by atoms with E-state index in [2.05, 4.69) is 15.6 Å². The number of hydrogen-bond acceptors (Lipinski definition) is 7. The number of nitrogens with zero attached hydrogens (tertiary/aromatic N) is 1. The Morgan fingerprint density at radius 1 is 1.00 bits per heavy atom. The number of hydrogen-bond donors (Lipinski definition) is 2. The zero-order valence-electron chi connectivity index (χ0n) is 16.3. The Bertz CT molecular complexity index is 1070. The molecule has 1 aromatic heterocycles. The summed E-state index contributed by atoms with van der Waals surface area (Å²) in [6, 6.07) is 15.6. The standard InChI is InChI=1S/C21H19N3O5S/c1-3-28-21(27)24-20-22-17(14-9-5-4-6-10-14)19(30-20)23-18(26)15-11-7-8-12-16(15)29-13(2)25/h4-12H,3H2,1-2H3,(H,23,26)(H,22,24,27). The molecule has 9 heteroatoms. The van der Waals surface area contributed by atoms with Crippen molar-refractivity contribution in [3.05, 3.63) is 60.2 Å². The van der Waals surface area contributed by atoms with E-state index < -0.39 is 18.0 Å². The van der Waals surface area contributed by atoms with Gasteiger partial charge in [-0.05, 0) is 19.1 Å². The van der Waals surface area contributed by atoms with Gasteiger partial charge in [-0.2, -0.15) is 0 Å². The van der Waals surface area contributed by atoms with Crippen LogP contribution in [0.4, 0.5) is 14.9 Å². The number of carbonyl (C=O) groups is 3. The van der Waals surface area contributed by atoms with Crippen molar-refractivity contribution in [1.29, 1.82) is 0 Å². The highest BCUT2D eigenvalue weighted by molar-refractivity contribution is 7.20. The predicted molar refractivity (Wildman–Crippen MR) is 114 cm³/mol. The van der Waals surface area contributed by atoms with Gasteiger partial charge < -0.3 is 14.8 Å². The van der Waals surface area contributed by atoms with E-state index >= 15 is 0 Å². The van der Waals surface area contributed by atoms with Crippen molar-refractivity contribution in [1.82, 2.24) is 4.98 Å². The second-order valence-corrected chi connectivity index (χ2v) is 6.95. The Kier molecular flexibility index (Phi) is 6.76. The molecule has 0 atom stereocenters. The summed E-state index contributed by atoms with van der Waals surface area (Å²) in [5.74, 6) is -0.854. The Morgan fingerprint density at radius 3 is 2.40 bits per heavy atom. The summed E-state index contributed by atoms with van der Waals surface area (Å²) in [7, 11) is 0. The minimum Gasteiger partial charge on any atom is -0.450 e. The van der Waals surface area contributed by atoms with Crippen LogP contribution in [0.15, 0.2) is 54.6 Å². The lowest BCUT2D eigenvalue weighted by molar-refractivity contribution is -0.131. The number of benzene rings is 2. The van der Waals surface area contributed by atoms with Crippen LogP contribution in [0, 0.1) is 0 Å². The van der Waals surface area contributed by atoms with Crippen LogP contribution in [-0.4, -0.2) is 29.6 Å². The fourth-order valence-corrected chi connectivity index (χ4v) is 3.44. The average molecular weight is 425 g/mol. The lowest BCUT2D eigenvalue weighted by Crippen LogP contribution is -2.14. The van der Waals surface area contributed by atoms with Gasteiger partial charge in [0.15, 0.2) is 5.13 Å². The van der Waals surface area contributed by atoms with Crippen molar-refractivity contribution in [2.45, 2.75) is 13.8 Å². The first kappa shape index (κ1) is 21.0. The van der Waals surface area contributed by atoms with E-state index in [1.807, 2.05) is 30.3 Å². The van der Waals surface area contributed by atoms with Crippen LogP contribution in [0.3, 0.4) is 0 Å². The number of ether oxygens (including phenoxy) is 2. The predicted octanol–water partition coefficient (Wildman–Crippen LogP) is 4.56. The SMILES string of the molecule is CCOC(=O)Nc1nc(-c2ccccc2)c(NC(=O)c2ccccc2OC(C)=O)s1. The topological polar surface area (TPSA) is 107 Å². The van der Waals surface area contributed by atoms with Gasteiger partial charge in [-0.3, -0.25) is 14.9 Å². The molecule has 0 saturated heterocycles. The lowest BCUT2D eigenvalue weighted by atomic mass is 10.1. The number of carbonyl (C=O) groups excluding carboxylic acids is 3. The zero-order chi connectivity index (χ0) is 21.5. The number of nitrogens with one attached hydrogen (secondary N) is 2. The van der Waals surface area contributed by atoms with Gasteiger partial charge in [0.25, 0.3) is 5.91 Å². The van der Waals surface area contributed by atoms with Gasteiger partial charge in [0.2, 0.25) is 0 Å². The molecule has 30 heavy (non-hydrogen) atoms. The number of thiazole rings is 1. The van der Waals surface area contributed by atoms with Gasteiger partial charge in [0.05, 0.1) is 12.2 Å². The van der Waals surface area contributed by atoms with Gasteiger partial charge in [0, 0.05) is 12.5 Å². The molecular formula is C21H19N3O5S. The maximum absolute atomic E-state index is 12.9. The molecule has 0 unspecified atom stereocenters. The van der Waals surface area contributed by atoms with Crippen LogP contribution >= 0.6 is 11.3 Å². The Labute approximate surface area is 176 Å². The number of anilines is 2. The molecule has 3 rings (SSSR count). The lowest BCUT2D eigenvalue weighted by Gasteiger charge is -2.09. The van der Waals surface area contributed by atoms with Crippen molar-refractivity contribution in [2.75, 3.05) is 17.2 Å². The Morgan fingerprint density at radius 2 is 1.70 bits per heavy atom. The first-order valence-electron chi connectivity index (χ1n) is 9.06. The summed E-state index contributed by atoms with van der Waals surface area (Å²) in [6.45, 7) is 3.18. The third kappa shape index (κ3) is 5.21. The molecule has 2 N–H and O–H groups in total. The first-order valence-corrected chi connectivity index (χ1v) is 9.88. The van der Waals surface area contributed by atoms with Gasteiger partial charge >= 0.3 is 12.1 Å². The van der Waals surface area contributed by atoms with E-state index in [1.165, 1.54) is 13.0 Å².